The summed E-state index contributed by atoms with van der Waals surface area (Å²) in [6.45, 7) is 0. The number of nitrogens with zero attached hydrogens (tertiary/aromatic N) is 4. The van der Waals surface area contributed by atoms with Gasteiger partial charge in [-0.05, 0) is 6.07 Å². The van der Waals surface area contributed by atoms with Crippen LogP contribution in [0.2, 0.25) is 0 Å². The quantitative estimate of drug-likeness (QED) is 0.206. The van der Waals surface area contributed by atoms with E-state index in [0.29, 0.717) is 23.0 Å². The molecule has 6 heteroatoms. The maximum Gasteiger partial charge on any atom is 0.164 e. The first kappa shape index (κ1) is 26.2. The lowest BCUT2D eigenvalue weighted by molar-refractivity contribution is 0.355. The third-order valence-corrected chi connectivity index (χ3v) is 7.44. The first-order valence-electron chi connectivity index (χ1n) is 14.0. The molecule has 0 saturated carbocycles. The van der Waals surface area contributed by atoms with Crippen LogP contribution in [-0.2, 0) is 0 Å². The van der Waals surface area contributed by atoms with Gasteiger partial charge in [-0.15, -0.1) is 0 Å². The van der Waals surface area contributed by atoms with E-state index in [1.54, 1.807) is 14.2 Å². The van der Waals surface area contributed by atoms with E-state index in [2.05, 4.69) is 48.5 Å². The molecule has 2 heterocycles. The third kappa shape index (κ3) is 4.79. The molecule has 0 bridgehead atoms. The van der Waals surface area contributed by atoms with Crippen LogP contribution in [0.4, 0.5) is 5.69 Å². The van der Waals surface area contributed by atoms with E-state index in [0.717, 1.165) is 50.6 Å². The van der Waals surface area contributed by atoms with E-state index < -0.39 is 0 Å². The number of methoxy groups -OCH3 is 2. The summed E-state index contributed by atoms with van der Waals surface area (Å²) in [6, 6.07) is 44.6. The first-order chi connectivity index (χ1) is 21.2. The lowest BCUT2D eigenvalue weighted by Crippen LogP contribution is -2.20. The molecule has 6 aromatic rings. The molecule has 0 atom stereocenters. The van der Waals surface area contributed by atoms with Gasteiger partial charge in [0, 0.05) is 33.9 Å². The number of aliphatic imine (C=N–C) groups is 1. The predicted molar refractivity (Wildman–Crippen MR) is 173 cm³/mol. The molecule has 0 fully saturated rings. The van der Waals surface area contributed by atoms with Crippen LogP contribution in [0.25, 0.3) is 33.9 Å². The molecule has 0 radical (unpaired) electrons. The fraction of sp³-hybridized carbons (Fsp3) is 0.0541. The molecular formula is C37H28N4O2. The Balaban J connectivity index is 1.65. The minimum atomic E-state index is 0.584. The first-order valence-corrected chi connectivity index (χ1v) is 14.0. The minimum Gasteiger partial charge on any atom is -0.493 e. The predicted octanol–water partition coefficient (Wildman–Crippen LogP) is 8.29. The van der Waals surface area contributed by atoms with Crippen molar-refractivity contribution in [3.8, 4) is 45.4 Å². The van der Waals surface area contributed by atoms with Crippen molar-refractivity contribution in [1.82, 2.24) is 9.66 Å². The van der Waals surface area contributed by atoms with E-state index in [-0.39, 0.29) is 0 Å². The van der Waals surface area contributed by atoms with Crippen LogP contribution in [0, 0.1) is 0 Å². The highest BCUT2D eigenvalue weighted by Crippen LogP contribution is 2.44. The molecule has 1 aliphatic rings. The summed E-state index contributed by atoms with van der Waals surface area (Å²) in [7, 11) is 3.27. The van der Waals surface area contributed by atoms with E-state index in [4.69, 9.17) is 24.6 Å². The van der Waals surface area contributed by atoms with Crippen molar-refractivity contribution in [2.24, 2.45) is 10.1 Å². The molecule has 0 amide bonds. The molecule has 6 nitrogen and oxygen atoms in total. The molecule has 43 heavy (non-hydrogen) atoms. The van der Waals surface area contributed by atoms with Gasteiger partial charge in [-0.1, -0.05) is 121 Å². The molecule has 1 aromatic heterocycles. The van der Waals surface area contributed by atoms with Gasteiger partial charge in [-0.3, -0.25) is 0 Å². The summed E-state index contributed by atoms with van der Waals surface area (Å²) in [5.41, 5.74) is 8.51. The lowest BCUT2D eigenvalue weighted by atomic mass is 9.99. The van der Waals surface area contributed by atoms with Crippen molar-refractivity contribution in [2.75, 3.05) is 14.2 Å². The molecule has 0 unspecified atom stereocenters. The van der Waals surface area contributed by atoms with Crippen LogP contribution in [0.5, 0.6) is 11.5 Å². The minimum absolute atomic E-state index is 0.584. The van der Waals surface area contributed by atoms with Gasteiger partial charge in [0.1, 0.15) is 11.4 Å². The van der Waals surface area contributed by atoms with Crippen LogP contribution < -0.4 is 9.47 Å². The van der Waals surface area contributed by atoms with E-state index in [1.807, 2.05) is 89.6 Å². The second-order valence-corrected chi connectivity index (χ2v) is 10.0. The molecule has 1 aliphatic heterocycles. The summed E-state index contributed by atoms with van der Waals surface area (Å²) in [6.07, 6.45) is 0. The summed E-state index contributed by atoms with van der Waals surface area (Å²) < 4.78 is 13.4. The Hall–Kier alpha value is -5.75. The highest BCUT2D eigenvalue weighted by Gasteiger charge is 2.28. The van der Waals surface area contributed by atoms with Crippen molar-refractivity contribution in [3.05, 3.63) is 145 Å². The number of imidazole rings is 1. The van der Waals surface area contributed by atoms with Gasteiger partial charge in [-0.25, -0.2) is 14.7 Å². The number of rotatable bonds is 6. The fourth-order valence-corrected chi connectivity index (χ4v) is 5.38. The van der Waals surface area contributed by atoms with Crippen molar-refractivity contribution in [2.45, 2.75) is 0 Å². The molecule has 0 saturated heterocycles. The highest BCUT2D eigenvalue weighted by atomic mass is 16.5. The van der Waals surface area contributed by atoms with Gasteiger partial charge < -0.3 is 9.47 Å². The second kappa shape index (κ2) is 11.3. The van der Waals surface area contributed by atoms with E-state index >= 15 is 0 Å². The SMILES string of the molecule is COc1cc2c(cc1OC)-c1nc(-c3ccccc3)c(-c3ccccc3)n1/N=C(/c1ccccc1)C(c1ccccc1)=N2. The van der Waals surface area contributed by atoms with Crippen LogP contribution in [-0.4, -0.2) is 35.3 Å². The smallest absolute Gasteiger partial charge is 0.164 e. The summed E-state index contributed by atoms with van der Waals surface area (Å²) >= 11 is 0. The maximum absolute atomic E-state index is 5.75. The fourth-order valence-electron chi connectivity index (χ4n) is 5.38. The molecule has 0 spiro atoms. The average Bonchev–Trinajstić information content (AvgIpc) is 3.45. The monoisotopic (exact) mass is 560 g/mol. The van der Waals surface area contributed by atoms with Gasteiger partial charge in [0.25, 0.3) is 0 Å². The Bertz CT molecular complexity index is 1960. The van der Waals surface area contributed by atoms with Crippen molar-refractivity contribution in [3.63, 3.8) is 0 Å². The lowest BCUT2D eigenvalue weighted by Gasteiger charge is -2.19. The third-order valence-electron chi connectivity index (χ3n) is 7.44. The number of benzene rings is 5. The average molecular weight is 561 g/mol. The molecule has 0 aliphatic carbocycles. The van der Waals surface area contributed by atoms with Gasteiger partial charge in [0.2, 0.25) is 0 Å². The van der Waals surface area contributed by atoms with Crippen LogP contribution in [0.3, 0.4) is 0 Å². The van der Waals surface area contributed by atoms with Crippen LogP contribution >= 0.6 is 0 Å². The molecule has 0 N–H and O–H groups in total. The number of ether oxygens (including phenoxy) is 2. The van der Waals surface area contributed by atoms with Crippen molar-refractivity contribution < 1.29 is 9.47 Å². The van der Waals surface area contributed by atoms with Gasteiger partial charge >= 0.3 is 0 Å². The largest absolute Gasteiger partial charge is 0.493 e. The standard InChI is InChI=1S/C37H28N4O2/c1-42-31-23-29-30(24-32(31)43-2)38-33(25-15-7-3-8-16-25)34(26-17-9-4-10-18-26)40-41-36(28-21-13-6-14-22-28)35(39-37(29)41)27-19-11-5-12-20-27/h3-24H,1-2H3/b38-33?,40-34-. The number of aromatic nitrogens is 2. The number of hydrogen-bond acceptors (Lipinski definition) is 5. The van der Waals surface area contributed by atoms with E-state index in [1.165, 1.54) is 0 Å². The highest BCUT2D eigenvalue weighted by molar-refractivity contribution is 6.54. The Labute approximate surface area is 250 Å². The van der Waals surface area contributed by atoms with Gasteiger partial charge in [0.15, 0.2) is 17.3 Å². The Kier molecular flexibility index (Phi) is 6.85. The normalized spacial score (nSPS) is 13.4. The zero-order valence-corrected chi connectivity index (χ0v) is 23.8. The van der Waals surface area contributed by atoms with Gasteiger partial charge in [-0.2, -0.15) is 5.10 Å². The maximum atomic E-state index is 5.75. The number of fused-ring (bicyclic) bond motifs is 3. The molecular weight excluding hydrogens is 532 g/mol. The zero-order valence-electron chi connectivity index (χ0n) is 23.8. The molecule has 208 valence electrons. The van der Waals surface area contributed by atoms with Crippen LogP contribution in [0.1, 0.15) is 11.1 Å². The zero-order chi connectivity index (χ0) is 29.2. The summed E-state index contributed by atoms with van der Waals surface area (Å²) in [5.74, 6) is 1.82. The van der Waals surface area contributed by atoms with Gasteiger partial charge in [0.05, 0.1) is 31.3 Å². The molecule has 7 rings (SSSR count). The second-order valence-electron chi connectivity index (χ2n) is 10.0. The van der Waals surface area contributed by atoms with Crippen LogP contribution in [0.15, 0.2) is 144 Å². The Morgan fingerprint density at radius 2 is 1.02 bits per heavy atom. The van der Waals surface area contributed by atoms with Crippen molar-refractivity contribution in [1.29, 1.82) is 0 Å². The topological polar surface area (TPSA) is 61.0 Å². The van der Waals surface area contributed by atoms with Crippen molar-refractivity contribution >= 4 is 17.1 Å². The Morgan fingerprint density at radius 1 is 0.535 bits per heavy atom. The number of hydrogen-bond donors (Lipinski definition) is 0. The summed E-state index contributed by atoms with van der Waals surface area (Å²) in [5, 5.41) is 5.41. The Morgan fingerprint density at radius 3 is 1.58 bits per heavy atom. The molecule has 5 aromatic carbocycles. The summed E-state index contributed by atoms with van der Waals surface area (Å²) in [4.78, 5) is 10.6. The van der Waals surface area contributed by atoms with E-state index in [9.17, 15) is 0 Å².